The molecule has 0 atom stereocenters. The van der Waals surface area contributed by atoms with E-state index in [1.807, 2.05) is 54.7 Å². The van der Waals surface area contributed by atoms with Crippen LogP contribution in [0.15, 0.2) is 140 Å². The molecule has 2 nitrogen and oxygen atoms in total. The molecule has 1 aromatic heterocycles. The van der Waals surface area contributed by atoms with Crippen LogP contribution in [0.4, 0.5) is 0 Å². The highest BCUT2D eigenvalue weighted by molar-refractivity contribution is 6.17. The topological polar surface area (TPSA) is 22.1 Å². The number of para-hydroxylation sites is 1. The summed E-state index contributed by atoms with van der Waals surface area (Å²) in [7, 11) is 0. The number of aromatic nitrogens is 1. The number of fused-ring (bicyclic) bond motifs is 3. The van der Waals surface area contributed by atoms with Crippen LogP contribution in [-0.4, -0.2) is 4.98 Å². The Balaban J connectivity index is 1.57. The van der Waals surface area contributed by atoms with E-state index in [1.54, 1.807) is 0 Å². The standard InChI is InChI=1S/C35H23NO/c1-3-12-25(13-4-1)33-22-31-32(23-36-33)34(27-20-19-24-11-7-8-14-26(24)21-27)29-17-9-10-18-30(29)35(31)37-28-15-5-2-6-16-28/h1-23H. The molecule has 7 aromatic rings. The first-order valence-electron chi connectivity index (χ1n) is 12.5. The highest BCUT2D eigenvalue weighted by atomic mass is 16.5. The Bertz CT molecular complexity index is 1890. The van der Waals surface area contributed by atoms with Gasteiger partial charge in [-0.15, -0.1) is 0 Å². The van der Waals surface area contributed by atoms with Crippen LogP contribution in [0.2, 0.25) is 0 Å². The first kappa shape index (κ1) is 21.3. The number of ether oxygens (including phenoxy) is 1. The van der Waals surface area contributed by atoms with E-state index in [0.29, 0.717) is 0 Å². The normalized spacial score (nSPS) is 11.2. The Hall–Kier alpha value is -4.95. The van der Waals surface area contributed by atoms with Gasteiger partial charge in [0.1, 0.15) is 11.5 Å². The summed E-state index contributed by atoms with van der Waals surface area (Å²) in [5.41, 5.74) is 4.34. The van der Waals surface area contributed by atoms with Gasteiger partial charge in [-0.3, -0.25) is 4.98 Å². The smallest absolute Gasteiger partial charge is 0.143 e. The molecule has 6 aromatic carbocycles. The lowest BCUT2D eigenvalue weighted by Gasteiger charge is -2.18. The third-order valence-electron chi connectivity index (χ3n) is 6.93. The van der Waals surface area contributed by atoms with Crippen molar-refractivity contribution >= 4 is 32.3 Å². The van der Waals surface area contributed by atoms with Crippen LogP contribution in [0.1, 0.15) is 0 Å². The summed E-state index contributed by atoms with van der Waals surface area (Å²) in [6.07, 6.45) is 2.01. The highest BCUT2D eigenvalue weighted by Gasteiger charge is 2.18. The summed E-state index contributed by atoms with van der Waals surface area (Å²) in [6.45, 7) is 0. The predicted molar refractivity (Wildman–Crippen MR) is 154 cm³/mol. The summed E-state index contributed by atoms with van der Waals surface area (Å²) < 4.78 is 6.63. The summed E-state index contributed by atoms with van der Waals surface area (Å²) in [5.74, 6) is 1.66. The molecule has 1 heterocycles. The van der Waals surface area contributed by atoms with Crippen LogP contribution in [-0.2, 0) is 0 Å². The molecule has 0 saturated heterocycles. The van der Waals surface area contributed by atoms with Gasteiger partial charge in [0.25, 0.3) is 0 Å². The number of nitrogens with zero attached hydrogens (tertiary/aromatic N) is 1. The second-order valence-electron chi connectivity index (χ2n) is 9.21. The fraction of sp³-hybridized carbons (Fsp3) is 0. The molecule has 0 radical (unpaired) electrons. The van der Waals surface area contributed by atoms with Crippen LogP contribution < -0.4 is 4.74 Å². The first-order valence-corrected chi connectivity index (χ1v) is 12.5. The number of hydrogen-bond donors (Lipinski definition) is 0. The van der Waals surface area contributed by atoms with E-state index in [4.69, 9.17) is 9.72 Å². The predicted octanol–water partition coefficient (Wildman–Crippen LogP) is 9.67. The van der Waals surface area contributed by atoms with E-state index in [1.165, 1.54) is 21.9 Å². The van der Waals surface area contributed by atoms with Crippen molar-refractivity contribution in [3.8, 4) is 33.9 Å². The molecule has 0 N–H and O–H groups in total. The monoisotopic (exact) mass is 473 g/mol. The number of benzene rings is 6. The van der Waals surface area contributed by atoms with Crippen LogP contribution in [0.25, 0.3) is 54.7 Å². The molecule has 0 bridgehead atoms. The first-order chi connectivity index (χ1) is 18.3. The van der Waals surface area contributed by atoms with Crippen LogP contribution in [0.3, 0.4) is 0 Å². The average Bonchev–Trinajstić information content (AvgIpc) is 2.98. The minimum Gasteiger partial charge on any atom is -0.456 e. The maximum absolute atomic E-state index is 6.63. The third kappa shape index (κ3) is 3.80. The average molecular weight is 474 g/mol. The van der Waals surface area contributed by atoms with Gasteiger partial charge in [0.2, 0.25) is 0 Å². The van der Waals surface area contributed by atoms with Crippen molar-refractivity contribution in [1.82, 2.24) is 4.98 Å². The van der Waals surface area contributed by atoms with E-state index in [2.05, 4.69) is 84.9 Å². The molecule has 0 spiro atoms. The molecule has 7 rings (SSSR count). The van der Waals surface area contributed by atoms with Crippen LogP contribution >= 0.6 is 0 Å². The quantitative estimate of drug-likeness (QED) is 0.237. The fourth-order valence-electron chi connectivity index (χ4n) is 5.17. The fourth-order valence-corrected chi connectivity index (χ4v) is 5.17. The molecule has 0 aliphatic heterocycles. The summed E-state index contributed by atoms with van der Waals surface area (Å²) in [4.78, 5) is 4.93. The van der Waals surface area contributed by atoms with E-state index >= 15 is 0 Å². The zero-order valence-corrected chi connectivity index (χ0v) is 20.1. The van der Waals surface area contributed by atoms with Crippen molar-refractivity contribution < 1.29 is 4.74 Å². The molecular weight excluding hydrogens is 450 g/mol. The van der Waals surface area contributed by atoms with Gasteiger partial charge in [-0.1, -0.05) is 109 Å². The Morgan fingerprint density at radius 1 is 0.459 bits per heavy atom. The lowest BCUT2D eigenvalue weighted by molar-refractivity contribution is 0.494. The minimum atomic E-state index is 0.811. The lowest BCUT2D eigenvalue weighted by Crippen LogP contribution is -1.94. The maximum Gasteiger partial charge on any atom is 0.143 e. The van der Waals surface area contributed by atoms with Crippen molar-refractivity contribution in [2.45, 2.75) is 0 Å². The van der Waals surface area contributed by atoms with Crippen molar-refractivity contribution in [2.24, 2.45) is 0 Å². The number of pyridine rings is 1. The molecule has 2 heteroatoms. The summed E-state index contributed by atoms with van der Waals surface area (Å²) in [6, 6.07) is 46.2. The van der Waals surface area contributed by atoms with E-state index in [-0.39, 0.29) is 0 Å². The second-order valence-corrected chi connectivity index (χ2v) is 9.21. The molecule has 0 unspecified atom stereocenters. The minimum absolute atomic E-state index is 0.811. The maximum atomic E-state index is 6.63. The third-order valence-corrected chi connectivity index (χ3v) is 6.93. The van der Waals surface area contributed by atoms with Crippen molar-refractivity contribution in [1.29, 1.82) is 0 Å². The molecule has 0 aliphatic rings. The van der Waals surface area contributed by atoms with Crippen LogP contribution in [0, 0.1) is 0 Å². The van der Waals surface area contributed by atoms with Crippen LogP contribution in [0.5, 0.6) is 11.5 Å². The van der Waals surface area contributed by atoms with Crippen molar-refractivity contribution in [3.63, 3.8) is 0 Å². The molecule has 37 heavy (non-hydrogen) atoms. The Labute approximate surface area is 215 Å². The highest BCUT2D eigenvalue weighted by Crippen LogP contribution is 2.45. The lowest BCUT2D eigenvalue weighted by atomic mass is 9.90. The van der Waals surface area contributed by atoms with Gasteiger partial charge in [-0.05, 0) is 51.6 Å². The van der Waals surface area contributed by atoms with Gasteiger partial charge in [-0.2, -0.15) is 0 Å². The zero-order valence-electron chi connectivity index (χ0n) is 20.1. The number of hydrogen-bond acceptors (Lipinski definition) is 2. The molecular formula is C35H23NO. The van der Waals surface area contributed by atoms with Gasteiger partial charge >= 0.3 is 0 Å². The number of rotatable bonds is 4. The Morgan fingerprint density at radius 3 is 1.95 bits per heavy atom. The molecule has 174 valence electrons. The van der Waals surface area contributed by atoms with Gasteiger partial charge < -0.3 is 4.74 Å². The van der Waals surface area contributed by atoms with Crippen molar-refractivity contribution in [3.05, 3.63) is 140 Å². The molecule has 0 fully saturated rings. The van der Waals surface area contributed by atoms with E-state index < -0.39 is 0 Å². The van der Waals surface area contributed by atoms with Gasteiger partial charge in [0.05, 0.1) is 5.69 Å². The van der Waals surface area contributed by atoms with Gasteiger partial charge in [-0.25, -0.2) is 0 Å². The second kappa shape index (κ2) is 8.92. The van der Waals surface area contributed by atoms with Crippen molar-refractivity contribution in [2.75, 3.05) is 0 Å². The Morgan fingerprint density at radius 2 is 1.14 bits per heavy atom. The van der Waals surface area contributed by atoms with Gasteiger partial charge in [0.15, 0.2) is 0 Å². The molecule has 0 aliphatic carbocycles. The Kier molecular flexibility index (Phi) is 5.15. The zero-order chi connectivity index (χ0) is 24.6. The summed E-state index contributed by atoms with van der Waals surface area (Å²) in [5, 5.41) is 6.78. The van der Waals surface area contributed by atoms with Gasteiger partial charge in [0, 0.05) is 27.9 Å². The molecule has 0 amide bonds. The van der Waals surface area contributed by atoms with E-state index in [9.17, 15) is 0 Å². The molecule has 0 saturated carbocycles. The summed E-state index contributed by atoms with van der Waals surface area (Å²) >= 11 is 0. The largest absolute Gasteiger partial charge is 0.456 e. The SMILES string of the molecule is c1ccc(Oc2c3ccccc3c(-c3ccc4ccccc4c3)c3cnc(-c4ccccc4)cc23)cc1. The van der Waals surface area contributed by atoms with E-state index in [0.717, 1.165) is 44.3 Å².